The summed E-state index contributed by atoms with van der Waals surface area (Å²) in [4.78, 5) is 10.00. The van der Waals surface area contributed by atoms with E-state index in [-0.39, 0.29) is 15.7 Å². The third-order valence-electron chi connectivity index (χ3n) is 1.80. The lowest BCUT2D eigenvalue weighted by Crippen LogP contribution is -2.03. The van der Waals surface area contributed by atoms with Crippen molar-refractivity contribution in [2.24, 2.45) is 0 Å². The molecule has 0 fully saturated rings. The third kappa shape index (κ3) is 3.12. The molecule has 0 aliphatic heterocycles. The predicted molar refractivity (Wildman–Crippen MR) is 66.4 cm³/mol. The molecular formula is C10H10Cl2N2O2. The summed E-state index contributed by atoms with van der Waals surface area (Å²) in [5.41, 5.74) is 1.26. The van der Waals surface area contributed by atoms with E-state index >= 15 is 0 Å². The van der Waals surface area contributed by atoms with Crippen molar-refractivity contribution in [2.45, 2.75) is 6.92 Å². The molecule has 0 bridgehead atoms. The largest absolute Gasteiger partial charge is 0.379 e. The second kappa shape index (κ2) is 5.18. The molecule has 0 amide bonds. The molecule has 0 aromatic heterocycles. The Bertz CT molecular complexity index is 423. The molecule has 1 N–H and O–H groups in total. The number of anilines is 1. The van der Waals surface area contributed by atoms with E-state index in [0.29, 0.717) is 12.2 Å². The lowest BCUT2D eigenvalue weighted by atomic mass is 10.2. The van der Waals surface area contributed by atoms with E-state index in [0.717, 1.165) is 5.57 Å². The van der Waals surface area contributed by atoms with E-state index in [4.69, 9.17) is 23.2 Å². The zero-order chi connectivity index (χ0) is 12.3. The Hall–Kier alpha value is -1.26. The van der Waals surface area contributed by atoms with E-state index in [9.17, 15) is 10.1 Å². The molecule has 1 rings (SSSR count). The molecule has 0 saturated carbocycles. The molecule has 0 atom stereocenters. The van der Waals surface area contributed by atoms with Gasteiger partial charge in [-0.05, 0) is 6.92 Å². The number of nitro groups is 1. The van der Waals surface area contributed by atoms with Crippen molar-refractivity contribution in [2.75, 3.05) is 11.9 Å². The molecule has 1 aromatic rings. The van der Waals surface area contributed by atoms with Gasteiger partial charge < -0.3 is 5.32 Å². The van der Waals surface area contributed by atoms with Crippen LogP contribution in [0, 0.1) is 10.1 Å². The number of benzene rings is 1. The normalized spacial score (nSPS) is 9.94. The fourth-order valence-corrected chi connectivity index (χ4v) is 1.68. The van der Waals surface area contributed by atoms with Crippen molar-refractivity contribution in [1.82, 2.24) is 0 Å². The van der Waals surface area contributed by atoms with Crippen LogP contribution in [-0.4, -0.2) is 11.5 Å². The van der Waals surface area contributed by atoms with Gasteiger partial charge in [-0.15, -0.1) is 0 Å². The maximum atomic E-state index is 10.5. The summed E-state index contributed by atoms with van der Waals surface area (Å²) in [6.45, 7) is 6.08. The van der Waals surface area contributed by atoms with E-state index < -0.39 is 4.92 Å². The number of hydrogen-bond acceptors (Lipinski definition) is 3. The molecule has 0 spiro atoms. The number of nitro benzene ring substituents is 1. The lowest BCUT2D eigenvalue weighted by molar-refractivity contribution is -0.384. The first-order valence-electron chi connectivity index (χ1n) is 4.43. The smallest absolute Gasteiger partial charge is 0.272 e. The Morgan fingerprint density at radius 3 is 2.38 bits per heavy atom. The van der Waals surface area contributed by atoms with Gasteiger partial charge in [-0.2, -0.15) is 0 Å². The average molecular weight is 261 g/mol. The summed E-state index contributed by atoms with van der Waals surface area (Å²) in [6, 6.07) is 2.52. The minimum atomic E-state index is -0.541. The number of rotatable bonds is 4. The first-order chi connectivity index (χ1) is 7.41. The standard InChI is InChI=1S/C10H10Cl2N2O2/c1-6(2)5-13-10-8(11)3-7(14(15)16)4-9(10)12/h3-4,13H,1,5H2,2H3. The van der Waals surface area contributed by atoms with Gasteiger partial charge in [0.2, 0.25) is 0 Å². The topological polar surface area (TPSA) is 55.2 Å². The van der Waals surface area contributed by atoms with Crippen LogP contribution in [0.1, 0.15) is 6.92 Å². The number of nitrogens with one attached hydrogen (secondary N) is 1. The first kappa shape index (κ1) is 12.8. The van der Waals surface area contributed by atoms with Crippen LogP contribution in [0.15, 0.2) is 24.3 Å². The summed E-state index contributed by atoms with van der Waals surface area (Å²) < 4.78 is 0. The van der Waals surface area contributed by atoms with E-state index in [1.165, 1.54) is 12.1 Å². The number of non-ortho nitro benzene ring substituents is 1. The molecule has 0 heterocycles. The molecule has 0 saturated heterocycles. The Morgan fingerprint density at radius 2 is 2.00 bits per heavy atom. The van der Waals surface area contributed by atoms with Gasteiger partial charge in [-0.3, -0.25) is 10.1 Å². The highest BCUT2D eigenvalue weighted by Crippen LogP contribution is 2.34. The lowest BCUT2D eigenvalue weighted by Gasteiger charge is -2.09. The van der Waals surface area contributed by atoms with Crippen molar-refractivity contribution in [3.8, 4) is 0 Å². The Labute approximate surface area is 103 Å². The van der Waals surface area contributed by atoms with Crippen LogP contribution in [0.4, 0.5) is 11.4 Å². The molecule has 6 heteroatoms. The van der Waals surface area contributed by atoms with Gasteiger partial charge in [-0.25, -0.2) is 0 Å². The Morgan fingerprint density at radius 1 is 1.50 bits per heavy atom. The number of hydrogen-bond donors (Lipinski definition) is 1. The Kier molecular flexibility index (Phi) is 4.15. The summed E-state index contributed by atoms with van der Waals surface area (Å²) >= 11 is 11.8. The fraction of sp³-hybridized carbons (Fsp3) is 0.200. The third-order valence-corrected chi connectivity index (χ3v) is 2.40. The van der Waals surface area contributed by atoms with Crippen molar-refractivity contribution in [1.29, 1.82) is 0 Å². The van der Waals surface area contributed by atoms with Crippen LogP contribution in [-0.2, 0) is 0 Å². The summed E-state index contributed by atoms with van der Waals surface area (Å²) in [7, 11) is 0. The molecule has 1 aromatic carbocycles. The minimum absolute atomic E-state index is 0.129. The van der Waals surface area contributed by atoms with Gasteiger partial charge in [0.05, 0.1) is 20.7 Å². The second-order valence-corrected chi connectivity index (χ2v) is 4.17. The summed E-state index contributed by atoms with van der Waals surface area (Å²) in [5.74, 6) is 0. The molecule has 0 aliphatic rings. The highest BCUT2D eigenvalue weighted by molar-refractivity contribution is 6.39. The Balaban J connectivity index is 3.03. The van der Waals surface area contributed by atoms with Crippen molar-refractivity contribution in [3.05, 3.63) is 44.4 Å². The molecular weight excluding hydrogens is 251 g/mol. The zero-order valence-electron chi connectivity index (χ0n) is 8.59. The number of halogens is 2. The van der Waals surface area contributed by atoms with Gasteiger partial charge in [0.25, 0.3) is 5.69 Å². The van der Waals surface area contributed by atoms with Crippen molar-refractivity contribution in [3.63, 3.8) is 0 Å². The van der Waals surface area contributed by atoms with Crippen LogP contribution in [0.25, 0.3) is 0 Å². The van der Waals surface area contributed by atoms with Gasteiger partial charge in [0.15, 0.2) is 0 Å². The SMILES string of the molecule is C=C(C)CNc1c(Cl)cc([N+](=O)[O-])cc1Cl. The van der Waals surface area contributed by atoms with Crippen LogP contribution in [0.2, 0.25) is 10.0 Å². The maximum Gasteiger partial charge on any atom is 0.272 e. The van der Waals surface area contributed by atoms with E-state index in [2.05, 4.69) is 11.9 Å². The van der Waals surface area contributed by atoms with Crippen LogP contribution < -0.4 is 5.32 Å². The highest BCUT2D eigenvalue weighted by Gasteiger charge is 2.13. The average Bonchev–Trinajstić information content (AvgIpc) is 2.15. The van der Waals surface area contributed by atoms with Gasteiger partial charge in [-0.1, -0.05) is 35.4 Å². The molecule has 4 nitrogen and oxygen atoms in total. The van der Waals surface area contributed by atoms with Crippen LogP contribution in [0.3, 0.4) is 0 Å². The molecule has 0 unspecified atom stereocenters. The number of nitrogens with zero attached hydrogens (tertiary/aromatic N) is 1. The maximum absolute atomic E-state index is 10.5. The molecule has 0 radical (unpaired) electrons. The first-order valence-corrected chi connectivity index (χ1v) is 5.19. The van der Waals surface area contributed by atoms with Gasteiger partial charge in [0, 0.05) is 18.7 Å². The molecule has 16 heavy (non-hydrogen) atoms. The zero-order valence-corrected chi connectivity index (χ0v) is 10.1. The summed E-state index contributed by atoms with van der Waals surface area (Å²) in [6.07, 6.45) is 0. The van der Waals surface area contributed by atoms with E-state index in [1.807, 2.05) is 6.92 Å². The quantitative estimate of drug-likeness (QED) is 0.508. The molecule has 0 aliphatic carbocycles. The van der Waals surface area contributed by atoms with Crippen LogP contribution >= 0.6 is 23.2 Å². The van der Waals surface area contributed by atoms with Gasteiger partial charge in [0.1, 0.15) is 0 Å². The fourth-order valence-electron chi connectivity index (χ4n) is 1.07. The highest BCUT2D eigenvalue weighted by atomic mass is 35.5. The monoisotopic (exact) mass is 260 g/mol. The minimum Gasteiger partial charge on any atom is -0.379 e. The summed E-state index contributed by atoms with van der Waals surface area (Å²) in [5, 5.41) is 13.9. The second-order valence-electron chi connectivity index (χ2n) is 3.35. The predicted octanol–water partition coefficient (Wildman–Crippen LogP) is 3.89. The molecule has 86 valence electrons. The van der Waals surface area contributed by atoms with E-state index in [1.54, 1.807) is 0 Å². The van der Waals surface area contributed by atoms with Crippen molar-refractivity contribution >= 4 is 34.6 Å². The van der Waals surface area contributed by atoms with Crippen LogP contribution in [0.5, 0.6) is 0 Å². The van der Waals surface area contributed by atoms with Gasteiger partial charge >= 0.3 is 0 Å². The van der Waals surface area contributed by atoms with Crippen molar-refractivity contribution < 1.29 is 4.92 Å².